The average Bonchev–Trinajstić information content (AvgIpc) is 2.75. The Morgan fingerprint density at radius 1 is 0.750 bits per heavy atom. The molecule has 4 aromatic carbocycles. The molecule has 0 amide bonds. The highest BCUT2D eigenvalue weighted by Crippen LogP contribution is 2.42. The van der Waals surface area contributed by atoms with Gasteiger partial charge in [-0.25, -0.2) is 17.6 Å². The quantitative estimate of drug-likeness (QED) is 0.231. The molecule has 0 radical (unpaired) electrons. The Kier molecular flexibility index (Phi) is 6.53. The molecule has 0 aromatic heterocycles. The molecule has 0 fully saturated rings. The highest BCUT2D eigenvalue weighted by Gasteiger charge is 2.39. The molecule has 0 bridgehead atoms. The molecule has 0 atom stereocenters. The molecule has 0 aliphatic carbocycles. The van der Waals surface area contributed by atoms with Gasteiger partial charge in [-0.15, -0.1) is 0 Å². The van der Waals surface area contributed by atoms with Crippen LogP contribution in [-0.4, -0.2) is 0 Å². The van der Waals surface area contributed by atoms with Crippen LogP contribution in [0.1, 0.15) is 30.0 Å². The van der Waals surface area contributed by atoms with E-state index in [0.717, 1.165) is 12.1 Å². The summed E-state index contributed by atoms with van der Waals surface area (Å²) in [5.74, 6) is -7.02. The molecule has 4 aromatic rings. The number of hydrogen-bond donors (Lipinski definition) is 0. The van der Waals surface area contributed by atoms with Crippen LogP contribution >= 0.6 is 11.6 Å². The average molecular weight is 537 g/mol. The molecular formula is C25H14ClF9O. The first-order valence-electron chi connectivity index (χ1n) is 10.4. The summed E-state index contributed by atoms with van der Waals surface area (Å²) >= 11 is 6.01. The zero-order valence-electron chi connectivity index (χ0n) is 18.1. The number of halogens is 10. The second-order valence-electron chi connectivity index (χ2n) is 7.99. The number of hydrogen-bond acceptors (Lipinski definition) is 1. The minimum absolute atomic E-state index is 0.0434. The summed E-state index contributed by atoms with van der Waals surface area (Å²) in [6.45, 7) is 1.74. The van der Waals surface area contributed by atoms with Gasteiger partial charge in [0.15, 0.2) is 11.6 Å². The number of rotatable bonds is 5. The van der Waals surface area contributed by atoms with Gasteiger partial charge in [0, 0.05) is 11.5 Å². The van der Waals surface area contributed by atoms with Crippen LogP contribution in [0.2, 0.25) is 5.02 Å². The van der Waals surface area contributed by atoms with E-state index >= 15 is 8.78 Å². The Balaban J connectivity index is 1.78. The Labute approximate surface area is 203 Å². The van der Waals surface area contributed by atoms with Crippen molar-refractivity contribution >= 4 is 33.1 Å². The third-order valence-corrected chi connectivity index (χ3v) is 5.95. The van der Waals surface area contributed by atoms with Gasteiger partial charge in [-0.2, -0.15) is 22.0 Å². The number of fused-ring (bicyclic) bond motifs is 2. The molecule has 0 spiro atoms. The smallest absolute Gasteiger partial charge is 0.428 e. The number of aryl methyl sites for hydroxylation is 1. The molecular weight excluding hydrogens is 523 g/mol. The van der Waals surface area contributed by atoms with Gasteiger partial charge in [0.1, 0.15) is 17.4 Å². The van der Waals surface area contributed by atoms with Crippen LogP contribution in [0.5, 0.6) is 5.75 Å². The van der Waals surface area contributed by atoms with Gasteiger partial charge in [0.2, 0.25) is 0 Å². The number of alkyl halides is 5. The monoisotopic (exact) mass is 536 g/mol. The van der Waals surface area contributed by atoms with Gasteiger partial charge in [-0.1, -0.05) is 37.1 Å². The third kappa shape index (κ3) is 4.42. The summed E-state index contributed by atoms with van der Waals surface area (Å²) in [6, 6.07) is 5.23. The highest BCUT2D eigenvalue weighted by molar-refractivity contribution is 6.36. The number of benzene rings is 4. The summed E-state index contributed by atoms with van der Waals surface area (Å²) in [6.07, 6.45) is -8.72. The van der Waals surface area contributed by atoms with Crippen LogP contribution in [0.15, 0.2) is 42.5 Å². The van der Waals surface area contributed by atoms with E-state index in [9.17, 15) is 30.7 Å². The van der Waals surface area contributed by atoms with Crippen molar-refractivity contribution in [3.63, 3.8) is 0 Å². The molecule has 36 heavy (non-hydrogen) atoms. The lowest BCUT2D eigenvalue weighted by molar-refractivity contribution is -0.185. The topological polar surface area (TPSA) is 9.23 Å². The molecule has 1 nitrogen and oxygen atoms in total. The zero-order chi connectivity index (χ0) is 26.6. The molecule has 0 N–H and O–H groups in total. The summed E-state index contributed by atoms with van der Waals surface area (Å²) in [4.78, 5) is 0. The van der Waals surface area contributed by atoms with Crippen LogP contribution in [0.3, 0.4) is 0 Å². The first kappa shape index (κ1) is 25.9. The Hall–Kier alpha value is -3.14. The van der Waals surface area contributed by atoms with Crippen LogP contribution < -0.4 is 4.74 Å². The van der Waals surface area contributed by atoms with Crippen molar-refractivity contribution < 1.29 is 44.3 Å². The molecule has 4 rings (SSSR count). The molecule has 0 saturated heterocycles. The second kappa shape index (κ2) is 9.06. The highest BCUT2D eigenvalue weighted by atomic mass is 35.5. The first-order chi connectivity index (χ1) is 16.8. The zero-order valence-corrected chi connectivity index (χ0v) is 18.9. The van der Waals surface area contributed by atoms with Crippen LogP contribution in [0.4, 0.5) is 39.5 Å². The maximum absolute atomic E-state index is 15.0. The lowest BCUT2D eigenvalue weighted by Crippen LogP contribution is -2.22. The lowest BCUT2D eigenvalue weighted by atomic mass is 10.00. The van der Waals surface area contributed by atoms with Crippen molar-refractivity contribution in [1.82, 2.24) is 0 Å². The normalized spacial score (nSPS) is 12.5. The van der Waals surface area contributed by atoms with Gasteiger partial charge >= 0.3 is 12.3 Å². The van der Waals surface area contributed by atoms with Crippen molar-refractivity contribution in [3.05, 3.63) is 87.4 Å². The fourth-order valence-corrected chi connectivity index (χ4v) is 4.30. The van der Waals surface area contributed by atoms with Crippen LogP contribution in [0, 0.1) is 23.3 Å². The van der Waals surface area contributed by atoms with Gasteiger partial charge in [-0.05, 0) is 47.0 Å². The van der Waals surface area contributed by atoms with E-state index in [1.807, 2.05) is 0 Å². The summed E-state index contributed by atoms with van der Waals surface area (Å²) in [5, 5.41) is -2.94. The molecule has 0 heterocycles. The van der Waals surface area contributed by atoms with E-state index in [2.05, 4.69) is 4.74 Å². The standard InChI is InChI=1S/C25H14ClF9O/c1-2-3-13-8-11-4-6-15(20(26)19(11)23(30)21(13)28)25(34,35)36-14-9-12-5-7-16(24(31,32)33)22(29)18(12)17(27)10-14/h4-10H,2-3H2,1H3. The molecule has 190 valence electrons. The molecule has 11 heteroatoms. The van der Waals surface area contributed by atoms with E-state index < -0.39 is 73.6 Å². The Morgan fingerprint density at radius 2 is 1.36 bits per heavy atom. The van der Waals surface area contributed by atoms with Gasteiger partial charge in [0.05, 0.1) is 21.5 Å². The summed E-state index contributed by atoms with van der Waals surface area (Å²) in [5.41, 5.74) is -2.76. The predicted octanol–water partition coefficient (Wildman–Crippen LogP) is 9.30. The van der Waals surface area contributed by atoms with Gasteiger partial charge in [0.25, 0.3) is 0 Å². The minimum atomic E-state index is -5.11. The molecule has 0 aliphatic heterocycles. The van der Waals surface area contributed by atoms with E-state index in [1.165, 1.54) is 6.07 Å². The fraction of sp³-hybridized carbons (Fsp3) is 0.200. The van der Waals surface area contributed by atoms with Crippen molar-refractivity contribution in [2.45, 2.75) is 32.1 Å². The van der Waals surface area contributed by atoms with E-state index in [-0.39, 0.29) is 23.4 Å². The van der Waals surface area contributed by atoms with Gasteiger partial charge < -0.3 is 4.74 Å². The van der Waals surface area contributed by atoms with Crippen LogP contribution in [-0.2, 0) is 18.7 Å². The second-order valence-corrected chi connectivity index (χ2v) is 8.36. The maximum Gasteiger partial charge on any atom is 0.428 e. The Morgan fingerprint density at radius 3 is 1.97 bits per heavy atom. The van der Waals surface area contributed by atoms with Gasteiger partial charge in [-0.3, -0.25) is 0 Å². The van der Waals surface area contributed by atoms with Crippen molar-refractivity contribution in [3.8, 4) is 5.75 Å². The SMILES string of the molecule is CCCc1cc2ccc(C(F)(F)Oc3cc(F)c4c(F)c(C(F)(F)F)ccc4c3)c(Cl)c2c(F)c1F. The Bertz CT molecular complexity index is 1500. The van der Waals surface area contributed by atoms with Crippen molar-refractivity contribution in [2.24, 2.45) is 0 Å². The van der Waals surface area contributed by atoms with Crippen LogP contribution in [0.25, 0.3) is 21.5 Å². The van der Waals surface area contributed by atoms with E-state index in [0.29, 0.717) is 24.6 Å². The number of ether oxygens (including phenoxy) is 1. The third-order valence-electron chi connectivity index (χ3n) is 5.56. The fourth-order valence-electron chi connectivity index (χ4n) is 3.94. The van der Waals surface area contributed by atoms with Crippen molar-refractivity contribution in [2.75, 3.05) is 0 Å². The van der Waals surface area contributed by atoms with E-state index in [1.54, 1.807) is 6.92 Å². The van der Waals surface area contributed by atoms with Crippen molar-refractivity contribution in [1.29, 1.82) is 0 Å². The molecule has 0 aliphatic rings. The van der Waals surface area contributed by atoms with E-state index in [4.69, 9.17) is 11.6 Å². The summed E-state index contributed by atoms with van der Waals surface area (Å²) < 4.78 is 131. The minimum Gasteiger partial charge on any atom is -0.429 e. The summed E-state index contributed by atoms with van der Waals surface area (Å²) in [7, 11) is 0. The lowest BCUT2D eigenvalue weighted by Gasteiger charge is -2.21. The molecule has 0 saturated carbocycles. The predicted molar refractivity (Wildman–Crippen MR) is 116 cm³/mol. The molecule has 0 unspecified atom stereocenters. The maximum atomic E-state index is 15.0. The largest absolute Gasteiger partial charge is 0.429 e. The first-order valence-corrected chi connectivity index (χ1v) is 10.8.